The Bertz CT molecular complexity index is 472. The molecule has 19 heavy (non-hydrogen) atoms. The lowest BCUT2D eigenvalue weighted by Crippen LogP contribution is -1.80. The van der Waals surface area contributed by atoms with Gasteiger partial charge >= 0.3 is 0 Å². The predicted molar refractivity (Wildman–Crippen MR) is 80.7 cm³/mol. The largest absolute Gasteiger partial charge is 0.497 e. The van der Waals surface area contributed by atoms with Crippen LogP contribution in [0.15, 0.2) is 60.7 Å². The topological polar surface area (TPSA) is 18.5 Å². The number of hydrogen-bond acceptors (Lipinski definition) is 2. The number of benzene rings is 2. The Morgan fingerprint density at radius 2 is 1.26 bits per heavy atom. The second kappa shape index (κ2) is 8.81. The van der Waals surface area contributed by atoms with Crippen LogP contribution < -0.4 is 9.47 Å². The molecule has 2 aromatic rings. The van der Waals surface area contributed by atoms with Gasteiger partial charge in [0.2, 0.25) is 0 Å². The number of methoxy groups -OCH3 is 2. The van der Waals surface area contributed by atoms with Crippen molar-refractivity contribution in [3.8, 4) is 11.5 Å². The van der Waals surface area contributed by atoms with Gasteiger partial charge in [0.1, 0.15) is 11.5 Å². The van der Waals surface area contributed by atoms with Crippen molar-refractivity contribution in [2.75, 3.05) is 14.2 Å². The highest BCUT2D eigenvalue weighted by atomic mass is 16.5. The van der Waals surface area contributed by atoms with Crippen LogP contribution in [-0.2, 0) is 0 Å². The zero-order valence-corrected chi connectivity index (χ0v) is 11.7. The first-order valence-electron chi connectivity index (χ1n) is 6.16. The molecule has 0 aliphatic rings. The predicted octanol–water partition coefficient (Wildman–Crippen LogP) is 4.42. The van der Waals surface area contributed by atoms with Crippen molar-refractivity contribution in [3.63, 3.8) is 0 Å². The minimum Gasteiger partial charge on any atom is -0.497 e. The van der Waals surface area contributed by atoms with Crippen molar-refractivity contribution in [1.29, 1.82) is 0 Å². The molecular formula is C17H20O2. The first-order valence-corrected chi connectivity index (χ1v) is 6.16. The van der Waals surface area contributed by atoms with E-state index >= 15 is 0 Å². The third-order valence-corrected chi connectivity index (χ3v) is 2.45. The normalized spacial score (nSPS) is 9.63. The summed E-state index contributed by atoms with van der Waals surface area (Å²) in [5.74, 6) is 1.81. The van der Waals surface area contributed by atoms with Gasteiger partial charge in [0.15, 0.2) is 0 Å². The number of allylic oxidation sites excluding steroid dienone is 1. The van der Waals surface area contributed by atoms with Crippen molar-refractivity contribution in [1.82, 2.24) is 0 Å². The Morgan fingerprint density at radius 1 is 0.737 bits per heavy atom. The molecule has 0 N–H and O–H groups in total. The molecule has 0 spiro atoms. The SMILES string of the molecule is CC=Cc1ccc(OC)cc1.COc1ccccc1. The van der Waals surface area contributed by atoms with E-state index in [4.69, 9.17) is 9.47 Å². The van der Waals surface area contributed by atoms with Gasteiger partial charge in [-0.05, 0) is 36.8 Å². The first kappa shape index (κ1) is 14.8. The van der Waals surface area contributed by atoms with Gasteiger partial charge < -0.3 is 9.47 Å². The maximum atomic E-state index is 5.02. The summed E-state index contributed by atoms with van der Waals surface area (Å²) in [5.41, 5.74) is 1.20. The molecule has 2 rings (SSSR count). The second-order valence-corrected chi connectivity index (χ2v) is 3.79. The fourth-order valence-corrected chi connectivity index (χ4v) is 1.46. The molecule has 0 saturated carbocycles. The van der Waals surface area contributed by atoms with Crippen LogP contribution >= 0.6 is 0 Å². The third-order valence-electron chi connectivity index (χ3n) is 2.45. The zero-order chi connectivity index (χ0) is 13.9. The number of ether oxygens (including phenoxy) is 2. The Balaban J connectivity index is 0.000000200. The molecule has 0 bridgehead atoms. The van der Waals surface area contributed by atoms with Crippen LogP contribution in [0.4, 0.5) is 0 Å². The van der Waals surface area contributed by atoms with Gasteiger partial charge in [-0.1, -0.05) is 42.5 Å². The highest BCUT2D eigenvalue weighted by Gasteiger charge is 1.88. The van der Waals surface area contributed by atoms with E-state index in [2.05, 4.69) is 6.08 Å². The van der Waals surface area contributed by atoms with Gasteiger partial charge in [-0.25, -0.2) is 0 Å². The average molecular weight is 256 g/mol. The summed E-state index contributed by atoms with van der Waals surface area (Å²) in [5, 5.41) is 0. The standard InChI is InChI=1S/C10H12O.C7H8O/c1-3-4-9-5-7-10(11-2)8-6-9;1-8-7-5-3-2-4-6-7/h3-8H,1-2H3;2-6H,1H3. The average Bonchev–Trinajstić information content (AvgIpc) is 2.50. The minimum atomic E-state index is 0.901. The maximum Gasteiger partial charge on any atom is 0.118 e. The number of para-hydroxylation sites is 1. The van der Waals surface area contributed by atoms with E-state index in [9.17, 15) is 0 Å². The molecule has 0 amide bonds. The van der Waals surface area contributed by atoms with Gasteiger partial charge in [-0.15, -0.1) is 0 Å². The van der Waals surface area contributed by atoms with Crippen molar-refractivity contribution < 1.29 is 9.47 Å². The quantitative estimate of drug-likeness (QED) is 0.809. The highest BCUT2D eigenvalue weighted by Crippen LogP contribution is 2.11. The lowest BCUT2D eigenvalue weighted by molar-refractivity contribution is 0.414. The van der Waals surface area contributed by atoms with Gasteiger partial charge in [0, 0.05) is 0 Å². The van der Waals surface area contributed by atoms with Crippen LogP contribution in [0.2, 0.25) is 0 Å². The monoisotopic (exact) mass is 256 g/mol. The smallest absolute Gasteiger partial charge is 0.118 e. The zero-order valence-electron chi connectivity index (χ0n) is 11.7. The minimum absolute atomic E-state index is 0.901. The van der Waals surface area contributed by atoms with Gasteiger partial charge in [-0.2, -0.15) is 0 Å². The van der Waals surface area contributed by atoms with E-state index in [1.165, 1.54) is 5.56 Å². The van der Waals surface area contributed by atoms with Gasteiger partial charge in [-0.3, -0.25) is 0 Å². The van der Waals surface area contributed by atoms with Crippen LogP contribution in [0.25, 0.3) is 6.08 Å². The Kier molecular flexibility index (Phi) is 6.88. The summed E-state index contributed by atoms with van der Waals surface area (Å²) >= 11 is 0. The molecule has 0 heterocycles. The van der Waals surface area contributed by atoms with Crippen LogP contribution in [0, 0.1) is 0 Å². The van der Waals surface area contributed by atoms with Gasteiger partial charge in [0.25, 0.3) is 0 Å². The van der Waals surface area contributed by atoms with Crippen molar-refractivity contribution in [2.45, 2.75) is 6.92 Å². The van der Waals surface area contributed by atoms with E-state index in [1.807, 2.05) is 67.6 Å². The molecule has 0 aliphatic carbocycles. The van der Waals surface area contributed by atoms with Crippen molar-refractivity contribution in [2.24, 2.45) is 0 Å². The summed E-state index contributed by atoms with van der Waals surface area (Å²) in [6.07, 6.45) is 4.07. The fraction of sp³-hybridized carbons (Fsp3) is 0.176. The molecule has 0 atom stereocenters. The molecule has 2 heteroatoms. The van der Waals surface area contributed by atoms with Crippen LogP contribution in [0.1, 0.15) is 12.5 Å². The summed E-state index contributed by atoms with van der Waals surface area (Å²) in [6.45, 7) is 2.00. The molecule has 100 valence electrons. The summed E-state index contributed by atoms with van der Waals surface area (Å²) in [6, 6.07) is 17.6. The number of rotatable bonds is 3. The van der Waals surface area contributed by atoms with Crippen LogP contribution in [0.5, 0.6) is 11.5 Å². The molecule has 0 unspecified atom stereocenters. The lowest BCUT2D eigenvalue weighted by Gasteiger charge is -1.98. The van der Waals surface area contributed by atoms with E-state index in [1.54, 1.807) is 14.2 Å². The van der Waals surface area contributed by atoms with Gasteiger partial charge in [0.05, 0.1) is 14.2 Å². The molecule has 0 radical (unpaired) electrons. The fourth-order valence-electron chi connectivity index (χ4n) is 1.46. The van der Waals surface area contributed by atoms with E-state index in [-0.39, 0.29) is 0 Å². The molecule has 0 fully saturated rings. The summed E-state index contributed by atoms with van der Waals surface area (Å²) in [4.78, 5) is 0. The molecule has 2 nitrogen and oxygen atoms in total. The molecule has 0 aliphatic heterocycles. The van der Waals surface area contributed by atoms with Crippen LogP contribution in [0.3, 0.4) is 0 Å². The van der Waals surface area contributed by atoms with Crippen LogP contribution in [-0.4, -0.2) is 14.2 Å². The molecule has 0 saturated heterocycles. The van der Waals surface area contributed by atoms with E-state index in [0.29, 0.717) is 0 Å². The third kappa shape index (κ3) is 5.77. The van der Waals surface area contributed by atoms with E-state index in [0.717, 1.165) is 11.5 Å². The molecular weight excluding hydrogens is 236 g/mol. The molecule has 0 aromatic heterocycles. The summed E-state index contributed by atoms with van der Waals surface area (Å²) in [7, 11) is 3.33. The molecule has 2 aromatic carbocycles. The van der Waals surface area contributed by atoms with E-state index < -0.39 is 0 Å². The first-order chi connectivity index (χ1) is 9.30. The van der Waals surface area contributed by atoms with Crippen molar-refractivity contribution in [3.05, 3.63) is 66.2 Å². The highest BCUT2D eigenvalue weighted by molar-refractivity contribution is 5.50. The summed E-state index contributed by atoms with van der Waals surface area (Å²) < 4.78 is 9.94. The number of hydrogen-bond donors (Lipinski definition) is 0. The van der Waals surface area contributed by atoms with Crippen molar-refractivity contribution >= 4 is 6.08 Å². The second-order valence-electron chi connectivity index (χ2n) is 3.79. The lowest BCUT2D eigenvalue weighted by atomic mass is 10.2. The Labute approximate surface area is 115 Å². The maximum absolute atomic E-state index is 5.02. The Morgan fingerprint density at radius 3 is 1.68 bits per heavy atom. The Hall–Kier alpha value is -2.22.